The standard InChI is InChI=1S/C20H20BrFN2O2/c1-12-5-6-13(16(22)7-12)11-24-17(19(25)26-20(2,3)4)8-14-15(21)9-23-10-18(14)24/h5-10H,11H2,1-4H3. The highest BCUT2D eigenvalue weighted by Gasteiger charge is 2.24. The molecule has 0 N–H and O–H groups in total. The number of ether oxygens (including phenoxy) is 1. The number of esters is 1. The van der Waals surface area contributed by atoms with Crippen LogP contribution in [0.3, 0.4) is 0 Å². The molecule has 0 saturated heterocycles. The van der Waals surface area contributed by atoms with Crippen LogP contribution in [0.5, 0.6) is 0 Å². The Morgan fingerprint density at radius 1 is 1.27 bits per heavy atom. The maximum Gasteiger partial charge on any atom is 0.355 e. The van der Waals surface area contributed by atoms with E-state index in [0.717, 1.165) is 20.9 Å². The molecule has 0 spiro atoms. The van der Waals surface area contributed by atoms with Crippen molar-refractivity contribution >= 4 is 32.8 Å². The minimum atomic E-state index is -0.622. The zero-order valence-electron chi connectivity index (χ0n) is 15.1. The Balaban J connectivity index is 2.13. The maximum atomic E-state index is 14.4. The van der Waals surface area contributed by atoms with Crippen LogP contribution in [0.1, 0.15) is 42.4 Å². The first kappa shape index (κ1) is 18.6. The molecule has 0 radical (unpaired) electrons. The topological polar surface area (TPSA) is 44.1 Å². The quantitative estimate of drug-likeness (QED) is 0.545. The molecule has 0 aliphatic heterocycles. The van der Waals surface area contributed by atoms with E-state index in [0.29, 0.717) is 11.3 Å². The number of hydrogen-bond acceptors (Lipinski definition) is 3. The van der Waals surface area contributed by atoms with Gasteiger partial charge in [0.1, 0.15) is 17.1 Å². The van der Waals surface area contributed by atoms with Gasteiger partial charge in [-0.3, -0.25) is 4.98 Å². The Morgan fingerprint density at radius 3 is 2.65 bits per heavy atom. The number of aromatic nitrogens is 2. The van der Waals surface area contributed by atoms with Gasteiger partial charge in [0.05, 0.1) is 18.3 Å². The fraction of sp³-hybridized carbons (Fsp3) is 0.300. The predicted octanol–water partition coefficient (Wildman–Crippen LogP) is 5.25. The molecule has 3 rings (SSSR count). The lowest BCUT2D eigenvalue weighted by atomic mass is 10.1. The summed E-state index contributed by atoms with van der Waals surface area (Å²) in [5.74, 6) is -0.752. The molecule has 2 aromatic heterocycles. The minimum absolute atomic E-state index is 0.211. The van der Waals surface area contributed by atoms with Crippen molar-refractivity contribution in [3.63, 3.8) is 0 Å². The van der Waals surface area contributed by atoms with E-state index < -0.39 is 11.6 Å². The number of carbonyl (C=O) groups excluding carboxylic acids is 1. The normalized spacial score (nSPS) is 11.8. The van der Waals surface area contributed by atoms with Crippen molar-refractivity contribution in [2.45, 2.75) is 39.8 Å². The second-order valence-corrected chi connectivity index (χ2v) is 8.12. The number of nitrogens with zero attached hydrogens (tertiary/aromatic N) is 2. The summed E-state index contributed by atoms with van der Waals surface area (Å²) in [6.45, 7) is 7.49. The average molecular weight is 419 g/mol. The lowest BCUT2D eigenvalue weighted by Gasteiger charge is -2.20. The van der Waals surface area contributed by atoms with E-state index in [4.69, 9.17) is 4.74 Å². The summed E-state index contributed by atoms with van der Waals surface area (Å²) in [6.07, 6.45) is 3.33. The van der Waals surface area contributed by atoms with Crippen molar-refractivity contribution in [1.82, 2.24) is 9.55 Å². The average Bonchev–Trinajstić information content (AvgIpc) is 2.89. The Labute approximate surface area is 160 Å². The van der Waals surface area contributed by atoms with E-state index >= 15 is 0 Å². The van der Waals surface area contributed by atoms with Gasteiger partial charge in [-0.15, -0.1) is 0 Å². The van der Waals surface area contributed by atoms with E-state index in [2.05, 4.69) is 20.9 Å². The summed E-state index contributed by atoms with van der Waals surface area (Å²) >= 11 is 3.46. The van der Waals surface area contributed by atoms with Crippen molar-refractivity contribution in [3.8, 4) is 0 Å². The molecule has 0 atom stereocenters. The van der Waals surface area contributed by atoms with E-state index in [1.807, 2.05) is 33.8 Å². The van der Waals surface area contributed by atoms with Crippen molar-refractivity contribution in [2.75, 3.05) is 0 Å². The molecule has 0 fully saturated rings. The molecule has 26 heavy (non-hydrogen) atoms. The second-order valence-electron chi connectivity index (χ2n) is 7.27. The SMILES string of the molecule is Cc1ccc(Cn2c(C(=O)OC(C)(C)C)cc3c(Br)cncc32)c(F)c1. The Hall–Kier alpha value is -2.21. The largest absolute Gasteiger partial charge is 0.455 e. The molecular formula is C20H20BrFN2O2. The van der Waals surface area contributed by atoms with Gasteiger partial charge in [-0.1, -0.05) is 12.1 Å². The number of fused-ring (bicyclic) bond motifs is 1. The summed E-state index contributed by atoms with van der Waals surface area (Å²) in [4.78, 5) is 16.9. The summed E-state index contributed by atoms with van der Waals surface area (Å²) in [6, 6.07) is 6.83. The second kappa shape index (κ2) is 6.83. The van der Waals surface area contributed by atoms with E-state index in [1.165, 1.54) is 6.07 Å². The number of halogens is 2. The van der Waals surface area contributed by atoms with Gasteiger partial charge in [-0.05, 0) is 61.3 Å². The summed E-state index contributed by atoms with van der Waals surface area (Å²) < 4.78 is 22.4. The highest BCUT2D eigenvalue weighted by atomic mass is 79.9. The van der Waals surface area contributed by atoms with E-state index in [9.17, 15) is 9.18 Å². The minimum Gasteiger partial charge on any atom is -0.455 e. The first-order valence-corrected chi connectivity index (χ1v) is 9.06. The molecule has 0 bridgehead atoms. The van der Waals surface area contributed by atoms with Crippen LogP contribution in [0.4, 0.5) is 4.39 Å². The molecular weight excluding hydrogens is 399 g/mol. The van der Waals surface area contributed by atoms with Crippen LogP contribution >= 0.6 is 15.9 Å². The van der Waals surface area contributed by atoms with Gasteiger partial charge in [-0.25, -0.2) is 9.18 Å². The van der Waals surface area contributed by atoms with Crippen LogP contribution in [-0.4, -0.2) is 21.1 Å². The number of rotatable bonds is 3. The van der Waals surface area contributed by atoms with Crippen LogP contribution in [0, 0.1) is 12.7 Å². The zero-order valence-corrected chi connectivity index (χ0v) is 16.7. The van der Waals surface area contributed by atoms with Gasteiger partial charge in [-0.2, -0.15) is 0 Å². The van der Waals surface area contributed by atoms with Crippen LogP contribution < -0.4 is 0 Å². The highest BCUT2D eigenvalue weighted by molar-refractivity contribution is 9.10. The fourth-order valence-electron chi connectivity index (χ4n) is 2.76. The molecule has 136 valence electrons. The van der Waals surface area contributed by atoms with Crippen LogP contribution in [0.25, 0.3) is 10.9 Å². The first-order chi connectivity index (χ1) is 12.2. The van der Waals surface area contributed by atoms with Crippen molar-refractivity contribution in [1.29, 1.82) is 0 Å². The molecule has 0 amide bonds. The smallest absolute Gasteiger partial charge is 0.355 e. The third kappa shape index (κ3) is 3.80. The van der Waals surface area contributed by atoms with E-state index in [-0.39, 0.29) is 12.4 Å². The maximum absolute atomic E-state index is 14.4. The van der Waals surface area contributed by atoms with Crippen molar-refractivity contribution < 1.29 is 13.9 Å². The molecule has 0 saturated carbocycles. The summed E-state index contributed by atoms with van der Waals surface area (Å²) in [7, 11) is 0. The van der Waals surface area contributed by atoms with Gasteiger partial charge in [0.25, 0.3) is 0 Å². The Kier molecular flexibility index (Phi) is 4.88. The Morgan fingerprint density at radius 2 is 2.00 bits per heavy atom. The molecule has 6 heteroatoms. The lowest BCUT2D eigenvalue weighted by molar-refractivity contribution is 0.00586. The third-order valence-electron chi connectivity index (χ3n) is 3.93. The Bertz CT molecular complexity index is 989. The first-order valence-electron chi connectivity index (χ1n) is 8.27. The summed E-state index contributed by atoms with van der Waals surface area (Å²) in [5, 5.41) is 0.827. The van der Waals surface area contributed by atoms with E-state index in [1.54, 1.807) is 29.1 Å². The number of pyridine rings is 1. The molecule has 0 aliphatic rings. The molecule has 4 nitrogen and oxygen atoms in total. The third-order valence-corrected chi connectivity index (χ3v) is 4.56. The highest BCUT2D eigenvalue weighted by Crippen LogP contribution is 2.28. The molecule has 3 aromatic rings. The van der Waals surface area contributed by atoms with Gasteiger partial charge in [0.2, 0.25) is 0 Å². The van der Waals surface area contributed by atoms with Gasteiger partial charge >= 0.3 is 5.97 Å². The molecule has 0 aliphatic carbocycles. The van der Waals surface area contributed by atoms with Gasteiger partial charge in [0, 0.05) is 21.6 Å². The van der Waals surface area contributed by atoms with Crippen molar-refractivity contribution in [2.24, 2.45) is 0 Å². The predicted molar refractivity (Wildman–Crippen MR) is 103 cm³/mol. The number of carbonyl (C=O) groups is 1. The number of hydrogen-bond donors (Lipinski definition) is 0. The van der Waals surface area contributed by atoms with Gasteiger partial charge < -0.3 is 9.30 Å². The molecule has 0 unspecified atom stereocenters. The van der Waals surface area contributed by atoms with Crippen molar-refractivity contribution in [3.05, 3.63) is 63.8 Å². The molecule has 1 aromatic carbocycles. The zero-order chi connectivity index (χ0) is 19.1. The van der Waals surface area contributed by atoms with Gasteiger partial charge in [0.15, 0.2) is 0 Å². The van der Waals surface area contributed by atoms with Crippen LogP contribution in [0.2, 0.25) is 0 Å². The number of aryl methyl sites for hydroxylation is 1. The van der Waals surface area contributed by atoms with Crippen LogP contribution in [-0.2, 0) is 11.3 Å². The molecule has 2 heterocycles. The lowest BCUT2D eigenvalue weighted by Crippen LogP contribution is -2.25. The monoisotopic (exact) mass is 418 g/mol. The fourth-order valence-corrected chi connectivity index (χ4v) is 3.19. The van der Waals surface area contributed by atoms with Crippen LogP contribution in [0.15, 0.2) is 41.1 Å². The summed E-state index contributed by atoms with van der Waals surface area (Å²) in [5.41, 5.74) is 1.82. The number of benzene rings is 1.